The lowest BCUT2D eigenvalue weighted by Crippen LogP contribution is -2.34. The normalized spacial score (nSPS) is 15.5. The lowest BCUT2D eigenvalue weighted by Gasteiger charge is -2.33. The van der Waals surface area contributed by atoms with Crippen molar-refractivity contribution in [2.45, 2.75) is 32.0 Å². The van der Waals surface area contributed by atoms with Crippen LogP contribution in [0.5, 0.6) is 5.75 Å². The van der Waals surface area contributed by atoms with Gasteiger partial charge >= 0.3 is 6.36 Å². The quantitative estimate of drug-likeness (QED) is 0.663. The van der Waals surface area contributed by atoms with E-state index in [0.717, 1.165) is 48.7 Å². The lowest BCUT2D eigenvalue weighted by atomic mass is 9.92. The third-order valence-corrected chi connectivity index (χ3v) is 5.22. The fraction of sp³-hybridized carbons (Fsp3) is 0.333. The number of aromatic nitrogens is 3. The third kappa shape index (κ3) is 4.36. The summed E-state index contributed by atoms with van der Waals surface area (Å²) in [7, 11) is 0. The first-order valence-corrected chi connectivity index (χ1v) is 9.47. The van der Waals surface area contributed by atoms with E-state index in [0.29, 0.717) is 11.5 Å². The van der Waals surface area contributed by atoms with Crippen LogP contribution in [0.2, 0.25) is 0 Å². The summed E-state index contributed by atoms with van der Waals surface area (Å²) < 4.78 is 41.8. The number of H-pyrrole nitrogens is 1. The highest BCUT2D eigenvalue weighted by Gasteiger charge is 2.31. The summed E-state index contributed by atoms with van der Waals surface area (Å²) in [6.45, 7) is 3.64. The van der Waals surface area contributed by atoms with Crippen molar-refractivity contribution in [3.8, 4) is 16.9 Å². The molecular weight excluding hydrogens is 381 g/mol. The molecule has 152 valence electrons. The Morgan fingerprint density at radius 2 is 1.90 bits per heavy atom. The van der Waals surface area contributed by atoms with Gasteiger partial charge in [-0.15, -0.1) is 13.2 Å². The number of hydrogen-bond donors (Lipinski definition) is 1. The van der Waals surface area contributed by atoms with Crippen LogP contribution < -0.4 is 9.64 Å². The number of piperidine rings is 1. The van der Waals surface area contributed by atoms with Crippen molar-refractivity contribution in [3.63, 3.8) is 0 Å². The van der Waals surface area contributed by atoms with Crippen molar-refractivity contribution in [1.29, 1.82) is 0 Å². The predicted octanol–water partition coefficient (Wildman–Crippen LogP) is 5.06. The van der Waals surface area contributed by atoms with Gasteiger partial charge < -0.3 is 14.6 Å². The second kappa shape index (κ2) is 7.77. The van der Waals surface area contributed by atoms with Gasteiger partial charge in [-0.1, -0.05) is 12.1 Å². The molecular formula is C21H21F3N4O. The minimum absolute atomic E-state index is 0.238. The van der Waals surface area contributed by atoms with Crippen molar-refractivity contribution < 1.29 is 17.9 Å². The maximum absolute atomic E-state index is 12.6. The maximum Gasteiger partial charge on any atom is 0.573 e. The molecule has 8 heteroatoms. The first kappa shape index (κ1) is 19.3. The molecule has 1 saturated heterocycles. The van der Waals surface area contributed by atoms with Crippen LogP contribution in [0.1, 0.15) is 30.1 Å². The molecule has 4 rings (SSSR count). The molecule has 2 aromatic heterocycles. The summed E-state index contributed by atoms with van der Waals surface area (Å²) in [5, 5.41) is 0. The van der Waals surface area contributed by atoms with Crippen LogP contribution in [0.15, 0.2) is 48.9 Å². The minimum Gasteiger partial charge on any atom is -0.406 e. The zero-order valence-corrected chi connectivity index (χ0v) is 15.9. The number of rotatable bonds is 4. The summed E-state index contributed by atoms with van der Waals surface area (Å²) >= 11 is 0. The van der Waals surface area contributed by atoms with Gasteiger partial charge in [-0.2, -0.15) is 0 Å². The van der Waals surface area contributed by atoms with Crippen LogP contribution in [-0.2, 0) is 0 Å². The highest BCUT2D eigenvalue weighted by molar-refractivity contribution is 5.76. The van der Waals surface area contributed by atoms with E-state index < -0.39 is 6.36 Å². The summed E-state index contributed by atoms with van der Waals surface area (Å²) in [6, 6.07) is 9.68. The van der Waals surface area contributed by atoms with Crippen LogP contribution in [-0.4, -0.2) is 34.4 Å². The van der Waals surface area contributed by atoms with Crippen LogP contribution in [0, 0.1) is 6.92 Å². The van der Waals surface area contributed by atoms with E-state index in [1.807, 2.05) is 13.0 Å². The van der Waals surface area contributed by atoms with Gasteiger partial charge in [-0.3, -0.25) is 0 Å². The van der Waals surface area contributed by atoms with Crippen molar-refractivity contribution >= 4 is 5.82 Å². The number of nitrogens with zero attached hydrogens (tertiary/aromatic N) is 3. The maximum atomic E-state index is 12.6. The fourth-order valence-electron chi connectivity index (χ4n) is 3.88. The van der Waals surface area contributed by atoms with E-state index >= 15 is 0 Å². The molecule has 1 aliphatic heterocycles. The Bertz CT molecular complexity index is 978. The Labute approximate surface area is 166 Å². The summed E-state index contributed by atoms with van der Waals surface area (Å²) in [6.07, 6.45) is 0.600. The van der Waals surface area contributed by atoms with Crippen LogP contribution >= 0.6 is 0 Å². The Balaban J connectivity index is 1.55. The predicted molar refractivity (Wildman–Crippen MR) is 104 cm³/mol. The van der Waals surface area contributed by atoms with Gasteiger partial charge in [0.1, 0.15) is 11.6 Å². The molecule has 0 unspecified atom stereocenters. The second-order valence-electron chi connectivity index (χ2n) is 7.12. The molecule has 3 aromatic rings. The fourth-order valence-corrected chi connectivity index (χ4v) is 3.88. The lowest BCUT2D eigenvalue weighted by molar-refractivity contribution is -0.274. The zero-order valence-electron chi connectivity index (χ0n) is 15.9. The van der Waals surface area contributed by atoms with Crippen molar-refractivity contribution in [1.82, 2.24) is 15.0 Å². The van der Waals surface area contributed by atoms with E-state index in [4.69, 9.17) is 0 Å². The van der Waals surface area contributed by atoms with E-state index in [9.17, 15) is 13.2 Å². The molecule has 0 spiro atoms. The molecule has 5 nitrogen and oxygen atoms in total. The number of imidazole rings is 1. The largest absolute Gasteiger partial charge is 0.573 e. The molecule has 1 aliphatic rings. The van der Waals surface area contributed by atoms with Crippen molar-refractivity contribution in [3.05, 3.63) is 60.3 Å². The average Bonchev–Trinajstić information content (AvgIpc) is 3.13. The first-order chi connectivity index (χ1) is 13.9. The molecule has 0 amide bonds. The second-order valence-corrected chi connectivity index (χ2v) is 7.12. The van der Waals surface area contributed by atoms with Gasteiger partial charge in [0.25, 0.3) is 0 Å². The van der Waals surface area contributed by atoms with Gasteiger partial charge in [0.2, 0.25) is 0 Å². The molecule has 0 saturated carbocycles. The average molecular weight is 402 g/mol. The Morgan fingerprint density at radius 1 is 1.10 bits per heavy atom. The first-order valence-electron chi connectivity index (χ1n) is 9.47. The monoisotopic (exact) mass is 402 g/mol. The number of hydrogen-bond acceptors (Lipinski definition) is 4. The number of benzene rings is 1. The molecule has 1 aromatic carbocycles. The van der Waals surface area contributed by atoms with E-state index in [-0.39, 0.29) is 5.75 Å². The zero-order chi connectivity index (χ0) is 20.4. The molecule has 29 heavy (non-hydrogen) atoms. The van der Waals surface area contributed by atoms with Crippen LogP contribution in [0.3, 0.4) is 0 Å². The van der Waals surface area contributed by atoms with Crippen molar-refractivity contribution in [2.24, 2.45) is 0 Å². The highest BCUT2D eigenvalue weighted by Crippen LogP contribution is 2.36. The van der Waals surface area contributed by atoms with Gasteiger partial charge in [-0.25, -0.2) is 9.97 Å². The van der Waals surface area contributed by atoms with Gasteiger partial charge in [0.05, 0.1) is 12.0 Å². The number of alkyl halides is 3. The number of nitrogens with one attached hydrogen (secondary N) is 1. The number of pyridine rings is 1. The summed E-state index contributed by atoms with van der Waals surface area (Å²) in [4.78, 5) is 14.3. The molecule has 0 aliphatic carbocycles. The highest BCUT2D eigenvalue weighted by atomic mass is 19.4. The molecule has 1 N–H and O–H groups in total. The van der Waals surface area contributed by atoms with Crippen molar-refractivity contribution in [2.75, 3.05) is 18.0 Å². The Morgan fingerprint density at radius 3 is 2.59 bits per heavy atom. The molecule has 1 fully saturated rings. The minimum atomic E-state index is -4.72. The molecule has 0 bridgehead atoms. The van der Waals surface area contributed by atoms with Gasteiger partial charge in [0, 0.05) is 36.5 Å². The molecule has 0 radical (unpaired) electrons. The summed E-state index contributed by atoms with van der Waals surface area (Å²) in [5.41, 5.74) is 3.64. The van der Waals surface area contributed by atoms with E-state index in [1.165, 1.54) is 12.1 Å². The van der Waals surface area contributed by atoms with Gasteiger partial charge in [-0.05, 0) is 49.6 Å². The van der Waals surface area contributed by atoms with E-state index in [1.54, 1.807) is 30.7 Å². The number of aryl methyl sites for hydroxylation is 1. The van der Waals surface area contributed by atoms with Gasteiger partial charge in [0.15, 0.2) is 0 Å². The number of halogens is 3. The number of ether oxygens (including phenoxy) is 1. The number of anilines is 1. The molecule has 0 atom stereocenters. The topological polar surface area (TPSA) is 54.0 Å². The number of aromatic amines is 1. The van der Waals surface area contributed by atoms with Crippen LogP contribution in [0.25, 0.3) is 11.1 Å². The third-order valence-electron chi connectivity index (χ3n) is 5.22. The smallest absolute Gasteiger partial charge is 0.406 e. The summed E-state index contributed by atoms with van der Waals surface area (Å²) in [5.74, 6) is 0.930. The van der Waals surface area contributed by atoms with Crippen LogP contribution in [0.4, 0.5) is 19.0 Å². The molecule has 3 heterocycles. The standard InChI is InChI=1S/C21H21F3N4O/c1-14-19(27-13-26-14)15-7-10-28(11-8-15)20-18(6-3-9-25-20)16-4-2-5-17(12-16)29-21(22,23)24/h2-6,9,12-13,15H,7-8,10-11H2,1H3,(H,26,27). The SMILES string of the molecule is Cc1[nH]cnc1C1CCN(c2ncccc2-c2cccc(OC(F)(F)F)c2)CC1. The Kier molecular flexibility index (Phi) is 5.17. The van der Waals surface area contributed by atoms with E-state index in [2.05, 4.69) is 24.6 Å². The Hall–Kier alpha value is -3.03.